The molecule has 0 aromatic heterocycles. The van der Waals surface area contributed by atoms with Crippen molar-refractivity contribution in [3.8, 4) is 0 Å². The van der Waals surface area contributed by atoms with Gasteiger partial charge in [0.05, 0.1) is 21.6 Å². The van der Waals surface area contributed by atoms with Crippen LogP contribution in [-0.2, 0) is 19.7 Å². The van der Waals surface area contributed by atoms with Crippen molar-refractivity contribution in [1.82, 2.24) is 10.6 Å². The van der Waals surface area contributed by atoms with E-state index in [1.165, 1.54) is 103 Å². The molecule has 0 atom stereocenters. The van der Waals surface area contributed by atoms with Crippen molar-refractivity contribution in [3.05, 3.63) is 12.2 Å². The fraction of sp³-hybridized carbons (Fsp3) is 0.862. The summed E-state index contributed by atoms with van der Waals surface area (Å²) in [4.78, 5) is 23.8. The maximum atomic E-state index is 11.9. The van der Waals surface area contributed by atoms with Crippen LogP contribution in [0.15, 0.2) is 12.2 Å². The molecule has 0 saturated heterocycles. The van der Waals surface area contributed by atoms with Crippen LogP contribution in [0.1, 0.15) is 132 Å². The summed E-state index contributed by atoms with van der Waals surface area (Å²) in [6.45, 7) is 5.93. The summed E-state index contributed by atoms with van der Waals surface area (Å²) in [6.07, 6.45) is 22.5. The first-order valence-electron chi connectivity index (χ1n) is 13.8. The van der Waals surface area contributed by atoms with Crippen LogP contribution in [-0.4, -0.2) is 54.1 Å². The topological polar surface area (TPSA) is 115 Å². The molecule has 0 spiro atoms. The molecule has 2 N–H and O–H groups in total. The number of nitrogens with one attached hydrogen (secondary N) is 2. The van der Waals surface area contributed by atoms with E-state index in [1.54, 1.807) is 0 Å². The van der Waals surface area contributed by atoms with E-state index in [0.717, 1.165) is 12.8 Å². The van der Waals surface area contributed by atoms with Gasteiger partial charge in [-0.05, 0) is 46.0 Å². The number of hydrogen-bond donors (Lipinski definition) is 2. The molecule has 0 heterocycles. The number of thioether (sulfide) groups is 1. The maximum absolute atomic E-state index is 11.9. The largest absolute Gasteiger partial charge is 1.00 e. The SMILES string of the molecule is C.C.CCCCCCCC/C=C\CCCCCCCCNC(=O)CSCCC(=O)NC(C)(C)CS(=O)(=O)[O-].[Na+]. The number of amides is 2. The summed E-state index contributed by atoms with van der Waals surface area (Å²) in [5, 5.41) is 5.47. The third kappa shape index (κ3) is 35.9. The molecule has 0 aliphatic carbocycles. The molecule has 0 saturated carbocycles. The predicted molar refractivity (Wildman–Crippen MR) is 165 cm³/mol. The van der Waals surface area contributed by atoms with Crippen molar-refractivity contribution in [1.29, 1.82) is 0 Å². The van der Waals surface area contributed by atoms with E-state index in [-0.39, 0.29) is 68.4 Å². The van der Waals surface area contributed by atoms with Crippen molar-refractivity contribution in [2.45, 2.75) is 137 Å². The molecule has 10 heteroatoms. The van der Waals surface area contributed by atoms with Crippen molar-refractivity contribution in [2.24, 2.45) is 0 Å². The Morgan fingerprint density at radius 3 is 1.82 bits per heavy atom. The van der Waals surface area contributed by atoms with Gasteiger partial charge >= 0.3 is 29.6 Å². The Kier molecular flexibility index (Phi) is 34.7. The quantitative estimate of drug-likeness (QED) is 0.0748. The van der Waals surface area contributed by atoms with E-state index in [2.05, 4.69) is 29.7 Å². The summed E-state index contributed by atoms with van der Waals surface area (Å²) in [5.74, 6) is -0.282. The monoisotopic (exact) mass is 602 g/mol. The van der Waals surface area contributed by atoms with E-state index < -0.39 is 21.4 Å². The molecular formula is C29H59N2NaO5S2. The van der Waals surface area contributed by atoms with Crippen LogP contribution in [0.4, 0.5) is 0 Å². The Bertz CT molecular complexity index is 716. The van der Waals surface area contributed by atoms with Crippen LogP contribution in [0.25, 0.3) is 0 Å². The molecule has 0 aliphatic heterocycles. The van der Waals surface area contributed by atoms with Gasteiger partial charge in [-0.3, -0.25) is 9.59 Å². The van der Waals surface area contributed by atoms with Gasteiger partial charge in [-0.1, -0.05) is 91.7 Å². The number of rotatable bonds is 24. The summed E-state index contributed by atoms with van der Waals surface area (Å²) in [5.41, 5.74) is -1.11. The Hall–Kier alpha value is -0.0600. The molecule has 228 valence electrons. The smallest absolute Gasteiger partial charge is 0.748 e. The maximum Gasteiger partial charge on any atom is 1.00 e. The fourth-order valence-electron chi connectivity index (χ4n) is 3.90. The van der Waals surface area contributed by atoms with E-state index in [1.807, 2.05) is 0 Å². The number of hydrogen-bond acceptors (Lipinski definition) is 6. The average molecular weight is 603 g/mol. The summed E-state index contributed by atoms with van der Waals surface area (Å²) in [7, 11) is -4.42. The van der Waals surface area contributed by atoms with Crippen LogP contribution in [0, 0.1) is 0 Å². The second-order valence-electron chi connectivity index (χ2n) is 10.2. The molecule has 0 fully saturated rings. The van der Waals surface area contributed by atoms with Crippen LogP contribution >= 0.6 is 11.8 Å². The van der Waals surface area contributed by atoms with E-state index in [9.17, 15) is 22.6 Å². The van der Waals surface area contributed by atoms with Crippen LogP contribution in [0.2, 0.25) is 0 Å². The molecule has 0 bridgehead atoms. The summed E-state index contributed by atoms with van der Waals surface area (Å²) in [6, 6.07) is 0. The minimum atomic E-state index is -4.42. The average Bonchev–Trinajstić information content (AvgIpc) is 2.76. The van der Waals surface area contributed by atoms with Gasteiger partial charge in [0.1, 0.15) is 0 Å². The van der Waals surface area contributed by atoms with Gasteiger partial charge in [0.2, 0.25) is 11.8 Å². The first kappa shape index (κ1) is 45.9. The predicted octanol–water partition coefficient (Wildman–Crippen LogP) is 3.98. The first-order chi connectivity index (χ1) is 17.1. The van der Waals surface area contributed by atoms with Crippen molar-refractivity contribution in [3.63, 3.8) is 0 Å². The van der Waals surface area contributed by atoms with Crippen LogP contribution in [0.3, 0.4) is 0 Å². The minimum Gasteiger partial charge on any atom is -0.748 e. The van der Waals surface area contributed by atoms with Gasteiger partial charge in [0.15, 0.2) is 0 Å². The minimum absolute atomic E-state index is 0. The van der Waals surface area contributed by atoms with Gasteiger partial charge in [-0.15, -0.1) is 0 Å². The van der Waals surface area contributed by atoms with Gasteiger partial charge in [0.25, 0.3) is 0 Å². The third-order valence-corrected chi connectivity index (χ3v) is 7.77. The molecule has 0 aromatic rings. The fourth-order valence-corrected chi connectivity index (χ4v) is 5.62. The molecule has 7 nitrogen and oxygen atoms in total. The van der Waals surface area contributed by atoms with Gasteiger partial charge in [-0.2, -0.15) is 11.8 Å². The first-order valence-corrected chi connectivity index (χ1v) is 16.5. The molecule has 39 heavy (non-hydrogen) atoms. The zero-order chi connectivity index (χ0) is 27.1. The molecular weight excluding hydrogens is 543 g/mol. The Morgan fingerprint density at radius 2 is 1.31 bits per heavy atom. The number of carbonyl (C=O) groups excluding carboxylic acids is 2. The summed E-state index contributed by atoms with van der Waals surface area (Å²) >= 11 is 1.36. The van der Waals surface area contributed by atoms with Crippen LogP contribution in [0.5, 0.6) is 0 Å². The van der Waals surface area contributed by atoms with Gasteiger partial charge in [0, 0.05) is 24.3 Å². The van der Waals surface area contributed by atoms with Crippen molar-refractivity contribution in [2.75, 3.05) is 23.8 Å². The zero-order valence-corrected chi connectivity index (χ0v) is 27.6. The van der Waals surface area contributed by atoms with Crippen LogP contribution < -0.4 is 40.2 Å². The Balaban J connectivity index is -0.00000204. The van der Waals surface area contributed by atoms with Crippen molar-refractivity contribution >= 4 is 33.7 Å². The van der Waals surface area contributed by atoms with E-state index in [4.69, 9.17) is 0 Å². The molecule has 0 radical (unpaired) electrons. The van der Waals surface area contributed by atoms with E-state index >= 15 is 0 Å². The zero-order valence-electron chi connectivity index (χ0n) is 23.9. The van der Waals surface area contributed by atoms with E-state index in [0.29, 0.717) is 12.3 Å². The van der Waals surface area contributed by atoms with Crippen molar-refractivity contribution < 1.29 is 52.1 Å². The third-order valence-electron chi connectivity index (χ3n) is 5.73. The second-order valence-corrected chi connectivity index (χ2v) is 12.7. The molecule has 0 rings (SSSR count). The normalized spacial score (nSPS) is 11.3. The molecule has 0 unspecified atom stereocenters. The number of allylic oxidation sites excluding steroid dienone is 2. The number of carbonyl (C=O) groups is 2. The van der Waals surface area contributed by atoms with Gasteiger partial charge in [-0.25, -0.2) is 8.42 Å². The Labute approximate surface area is 268 Å². The second kappa shape index (κ2) is 29.4. The molecule has 2 amide bonds. The number of unbranched alkanes of at least 4 members (excludes halogenated alkanes) is 12. The standard InChI is InChI=1S/C27H52N2O5S2.2CH4.Na/c1-4-5-6-7-8-9-10-11-12-13-14-15-16-17-18-19-21-28-26(31)23-35-22-20-25(30)29-27(2,3)24-36(32,33)34;;;/h11-12H,4-10,13-24H2,1-3H3,(H,28,31)(H,29,30)(H,32,33,34);2*1H4;/q;;;+1/p-1/b12-11-;;;. The molecule has 0 aliphatic rings. The summed E-state index contributed by atoms with van der Waals surface area (Å²) < 4.78 is 32.6. The molecule has 0 aromatic carbocycles. The van der Waals surface area contributed by atoms with Gasteiger partial charge < -0.3 is 15.2 Å². The Morgan fingerprint density at radius 1 is 0.821 bits per heavy atom.